The second-order valence-electron chi connectivity index (χ2n) is 6.21. The fraction of sp³-hybridized carbons (Fsp3) is 0.286. The molecular formula is C21H23NO2. The van der Waals surface area contributed by atoms with Gasteiger partial charge >= 0.3 is 0 Å². The van der Waals surface area contributed by atoms with E-state index in [9.17, 15) is 0 Å². The van der Waals surface area contributed by atoms with E-state index in [4.69, 9.17) is 9.15 Å². The quantitative estimate of drug-likeness (QED) is 0.610. The molecule has 3 nitrogen and oxygen atoms in total. The Kier molecular flexibility index (Phi) is 4.99. The van der Waals surface area contributed by atoms with E-state index < -0.39 is 0 Å². The predicted octanol–water partition coefficient (Wildman–Crippen LogP) is 5.39. The van der Waals surface area contributed by atoms with Crippen LogP contribution in [0.15, 0.2) is 59.0 Å². The molecule has 1 heterocycles. The highest BCUT2D eigenvalue weighted by Crippen LogP contribution is 2.22. The van der Waals surface area contributed by atoms with Crippen molar-refractivity contribution >= 4 is 0 Å². The first-order chi connectivity index (χ1) is 11.6. The maximum absolute atomic E-state index is 5.83. The van der Waals surface area contributed by atoms with Crippen molar-refractivity contribution in [1.82, 2.24) is 4.98 Å². The van der Waals surface area contributed by atoms with Crippen molar-refractivity contribution in [3.8, 4) is 17.2 Å². The zero-order valence-corrected chi connectivity index (χ0v) is 14.5. The van der Waals surface area contributed by atoms with Gasteiger partial charge in [0.05, 0.1) is 12.3 Å². The largest absolute Gasteiger partial charge is 0.493 e. The normalized spacial score (nSPS) is 11.0. The van der Waals surface area contributed by atoms with Crippen molar-refractivity contribution in [2.45, 2.75) is 33.1 Å². The highest BCUT2D eigenvalue weighted by Gasteiger charge is 2.11. The third kappa shape index (κ3) is 3.85. The molecule has 0 aliphatic carbocycles. The second-order valence-corrected chi connectivity index (χ2v) is 6.21. The highest BCUT2D eigenvalue weighted by atomic mass is 16.5. The molecule has 0 fully saturated rings. The molecule has 0 atom stereocenters. The predicted molar refractivity (Wildman–Crippen MR) is 96.4 cm³/mol. The maximum atomic E-state index is 5.83. The molecule has 0 saturated carbocycles. The van der Waals surface area contributed by atoms with Gasteiger partial charge in [0.1, 0.15) is 11.5 Å². The number of oxazole rings is 1. The lowest BCUT2D eigenvalue weighted by Gasteiger charge is -2.08. The number of ether oxygens (including phenoxy) is 1. The van der Waals surface area contributed by atoms with Gasteiger partial charge in [0, 0.05) is 12.0 Å². The van der Waals surface area contributed by atoms with Crippen LogP contribution in [-0.2, 0) is 6.42 Å². The van der Waals surface area contributed by atoms with Crippen LogP contribution < -0.4 is 4.74 Å². The number of aromatic nitrogens is 1. The summed E-state index contributed by atoms with van der Waals surface area (Å²) in [5.41, 5.74) is 3.27. The smallest absolute Gasteiger partial charge is 0.226 e. The van der Waals surface area contributed by atoms with Crippen LogP contribution in [0.25, 0.3) is 11.5 Å². The van der Waals surface area contributed by atoms with E-state index in [1.807, 2.05) is 49.4 Å². The van der Waals surface area contributed by atoms with Gasteiger partial charge < -0.3 is 9.15 Å². The van der Waals surface area contributed by atoms with Crippen LogP contribution in [0.2, 0.25) is 0 Å². The molecule has 0 unspecified atom stereocenters. The Morgan fingerprint density at radius 3 is 2.38 bits per heavy atom. The molecule has 0 amide bonds. The molecule has 1 aromatic heterocycles. The summed E-state index contributed by atoms with van der Waals surface area (Å²) in [6.45, 7) is 6.91. The molecule has 3 heteroatoms. The van der Waals surface area contributed by atoms with E-state index in [1.165, 1.54) is 5.56 Å². The Hall–Kier alpha value is -2.55. The number of aryl methyl sites for hydroxylation is 1. The molecule has 0 radical (unpaired) electrons. The van der Waals surface area contributed by atoms with Crippen molar-refractivity contribution in [2.75, 3.05) is 6.61 Å². The average molecular weight is 321 g/mol. The first kappa shape index (κ1) is 16.3. The number of benzene rings is 2. The number of nitrogens with zero attached hydrogens (tertiary/aromatic N) is 1. The van der Waals surface area contributed by atoms with E-state index in [0.717, 1.165) is 29.2 Å². The Labute approximate surface area is 143 Å². The van der Waals surface area contributed by atoms with Gasteiger partial charge in [-0.1, -0.05) is 44.2 Å². The Bertz CT molecular complexity index is 773. The molecule has 124 valence electrons. The van der Waals surface area contributed by atoms with E-state index in [-0.39, 0.29) is 0 Å². The van der Waals surface area contributed by atoms with Crippen LogP contribution in [0, 0.1) is 6.92 Å². The van der Waals surface area contributed by atoms with Crippen molar-refractivity contribution in [1.29, 1.82) is 0 Å². The molecule has 3 rings (SSSR count). The summed E-state index contributed by atoms with van der Waals surface area (Å²) in [5.74, 6) is 2.95. The zero-order chi connectivity index (χ0) is 16.9. The third-order valence-corrected chi connectivity index (χ3v) is 4.07. The molecule has 0 bridgehead atoms. The van der Waals surface area contributed by atoms with Gasteiger partial charge in [0.2, 0.25) is 5.89 Å². The lowest BCUT2D eigenvalue weighted by atomic mass is 10.0. The zero-order valence-electron chi connectivity index (χ0n) is 14.5. The van der Waals surface area contributed by atoms with Crippen molar-refractivity contribution in [3.05, 3.63) is 71.6 Å². The number of hydrogen-bond donors (Lipinski definition) is 0. The van der Waals surface area contributed by atoms with Crippen LogP contribution in [0.1, 0.15) is 36.8 Å². The first-order valence-electron chi connectivity index (χ1n) is 8.38. The van der Waals surface area contributed by atoms with Crippen molar-refractivity contribution < 1.29 is 9.15 Å². The molecule has 0 spiro atoms. The fourth-order valence-corrected chi connectivity index (χ4v) is 2.58. The lowest BCUT2D eigenvalue weighted by molar-refractivity contribution is 0.320. The molecular weight excluding hydrogens is 298 g/mol. The molecule has 2 aromatic carbocycles. The standard InChI is InChI=1S/C21H23NO2/c1-15(2)17-9-11-19(12-10-17)23-14-13-20-16(3)24-21(22-20)18-7-5-4-6-8-18/h4-12,15H,13-14H2,1-3H3. The summed E-state index contributed by atoms with van der Waals surface area (Å²) in [6, 6.07) is 18.3. The second kappa shape index (κ2) is 7.35. The fourth-order valence-electron chi connectivity index (χ4n) is 2.58. The van der Waals surface area contributed by atoms with Gasteiger partial charge in [-0.2, -0.15) is 0 Å². The molecule has 0 N–H and O–H groups in total. The van der Waals surface area contributed by atoms with E-state index in [0.29, 0.717) is 18.4 Å². The lowest BCUT2D eigenvalue weighted by Crippen LogP contribution is -2.03. The van der Waals surface area contributed by atoms with Gasteiger partial charge in [0.25, 0.3) is 0 Å². The van der Waals surface area contributed by atoms with Gasteiger partial charge in [-0.3, -0.25) is 0 Å². The summed E-state index contributed by atoms with van der Waals surface area (Å²) >= 11 is 0. The summed E-state index contributed by atoms with van der Waals surface area (Å²) in [6.07, 6.45) is 0.730. The van der Waals surface area contributed by atoms with Gasteiger partial charge in [-0.05, 0) is 42.7 Å². The van der Waals surface area contributed by atoms with Gasteiger partial charge in [0.15, 0.2) is 0 Å². The molecule has 0 aliphatic rings. The minimum atomic E-state index is 0.535. The van der Waals surface area contributed by atoms with E-state index >= 15 is 0 Å². The van der Waals surface area contributed by atoms with Crippen LogP contribution in [-0.4, -0.2) is 11.6 Å². The third-order valence-electron chi connectivity index (χ3n) is 4.07. The first-order valence-corrected chi connectivity index (χ1v) is 8.38. The summed E-state index contributed by atoms with van der Waals surface area (Å²) in [7, 11) is 0. The van der Waals surface area contributed by atoms with Crippen LogP contribution in [0.4, 0.5) is 0 Å². The Balaban J connectivity index is 1.60. The monoisotopic (exact) mass is 321 g/mol. The summed E-state index contributed by atoms with van der Waals surface area (Å²) in [4.78, 5) is 4.60. The van der Waals surface area contributed by atoms with Crippen molar-refractivity contribution in [3.63, 3.8) is 0 Å². The molecule has 3 aromatic rings. The SMILES string of the molecule is Cc1oc(-c2ccccc2)nc1CCOc1ccc(C(C)C)cc1. The number of rotatable bonds is 6. The van der Waals surface area contributed by atoms with E-state index in [1.54, 1.807) is 0 Å². The summed E-state index contributed by atoms with van der Waals surface area (Å²) in [5, 5.41) is 0. The maximum Gasteiger partial charge on any atom is 0.226 e. The topological polar surface area (TPSA) is 35.3 Å². The average Bonchev–Trinajstić information content (AvgIpc) is 2.97. The minimum Gasteiger partial charge on any atom is -0.493 e. The Morgan fingerprint density at radius 1 is 1.00 bits per heavy atom. The van der Waals surface area contributed by atoms with Crippen molar-refractivity contribution in [2.24, 2.45) is 0 Å². The van der Waals surface area contributed by atoms with Crippen LogP contribution in [0.5, 0.6) is 5.75 Å². The molecule has 0 saturated heterocycles. The van der Waals surface area contributed by atoms with E-state index in [2.05, 4.69) is 31.0 Å². The minimum absolute atomic E-state index is 0.535. The summed E-state index contributed by atoms with van der Waals surface area (Å²) < 4.78 is 11.6. The van der Waals surface area contributed by atoms with Crippen LogP contribution in [0.3, 0.4) is 0 Å². The molecule has 0 aliphatic heterocycles. The Morgan fingerprint density at radius 2 is 1.71 bits per heavy atom. The van der Waals surface area contributed by atoms with Gasteiger partial charge in [-0.25, -0.2) is 4.98 Å². The number of hydrogen-bond acceptors (Lipinski definition) is 3. The van der Waals surface area contributed by atoms with Crippen LogP contribution >= 0.6 is 0 Å². The molecule has 24 heavy (non-hydrogen) atoms. The highest BCUT2D eigenvalue weighted by molar-refractivity contribution is 5.53. The van der Waals surface area contributed by atoms with Gasteiger partial charge in [-0.15, -0.1) is 0 Å².